The smallest absolute Gasteiger partial charge is 0.269 e. The summed E-state index contributed by atoms with van der Waals surface area (Å²) < 4.78 is 0.888. The van der Waals surface area contributed by atoms with Gasteiger partial charge in [-0.15, -0.1) is 0 Å². The van der Waals surface area contributed by atoms with E-state index in [1.807, 2.05) is 13.0 Å². The number of phenolic OH excluding ortho intramolecular Hbond substituents is 1. The van der Waals surface area contributed by atoms with Gasteiger partial charge in [-0.25, -0.2) is 0 Å². The molecule has 0 aliphatic rings. The first kappa shape index (κ1) is 15.3. The molecule has 2 rings (SSSR count). The van der Waals surface area contributed by atoms with E-state index in [4.69, 9.17) is 0 Å². The molecule has 0 heterocycles. The molecule has 2 aromatic carbocycles. The first-order chi connectivity index (χ1) is 10.0. The Labute approximate surface area is 130 Å². The largest absolute Gasteiger partial charge is 0.508 e. The highest BCUT2D eigenvalue weighted by molar-refractivity contribution is 9.10. The molecule has 0 aliphatic carbocycles. The van der Waals surface area contributed by atoms with Crippen LogP contribution in [0.1, 0.15) is 24.9 Å². The van der Waals surface area contributed by atoms with E-state index in [0.717, 1.165) is 22.1 Å². The first-order valence-electron chi connectivity index (χ1n) is 6.50. The Morgan fingerprint density at radius 3 is 2.52 bits per heavy atom. The highest BCUT2D eigenvalue weighted by atomic mass is 79.9. The third-order valence-electron chi connectivity index (χ3n) is 3.19. The molecule has 0 aliphatic heterocycles. The van der Waals surface area contributed by atoms with Crippen LogP contribution in [0.25, 0.3) is 0 Å². The van der Waals surface area contributed by atoms with Crippen LogP contribution in [-0.4, -0.2) is 10.0 Å². The number of rotatable bonds is 5. The van der Waals surface area contributed by atoms with Crippen molar-refractivity contribution in [2.45, 2.75) is 19.4 Å². The summed E-state index contributed by atoms with van der Waals surface area (Å²) >= 11 is 3.39. The maximum atomic E-state index is 10.6. The molecular formula is C15H15BrN2O3. The van der Waals surface area contributed by atoms with Crippen molar-refractivity contribution in [3.05, 3.63) is 62.6 Å². The molecule has 0 spiro atoms. The molecule has 21 heavy (non-hydrogen) atoms. The maximum absolute atomic E-state index is 10.6. The average molecular weight is 351 g/mol. The topological polar surface area (TPSA) is 75.4 Å². The van der Waals surface area contributed by atoms with E-state index >= 15 is 0 Å². The van der Waals surface area contributed by atoms with Crippen molar-refractivity contribution in [2.24, 2.45) is 0 Å². The number of phenols is 1. The first-order valence-corrected chi connectivity index (χ1v) is 7.30. The number of non-ortho nitro benzene ring substituents is 1. The van der Waals surface area contributed by atoms with Gasteiger partial charge in [0.2, 0.25) is 0 Å². The molecule has 5 nitrogen and oxygen atoms in total. The lowest BCUT2D eigenvalue weighted by atomic mass is 10.0. The van der Waals surface area contributed by atoms with Gasteiger partial charge in [-0.1, -0.05) is 22.9 Å². The minimum absolute atomic E-state index is 0.0545. The number of nitrogens with zero attached hydrogens (tertiary/aromatic N) is 1. The summed E-state index contributed by atoms with van der Waals surface area (Å²) in [5.74, 6) is 0.222. The molecule has 0 saturated heterocycles. The molecular weight excluding hydrogens is 336 g/mol. The van der Waals surface area contributed by atoms with Gasteiger partial charge in [-0.05, 0) is 36.8 Å². The Hall–Kier alpha value is -2.08. The number of benzene rings is 2. The van der Waals surface area contributed by atoms with Crippen molar-refractivity contribution in [2.75, 3.05) is 5.32 Å². The molecule has 0 aromatic heterocycles. The standard InChI is InChI=1S/C15H15BrN2O3/c1-2-14(13-9-10(16)3-8-15(13)19)17-11-4-6-12(7-5-11)18(20)21/h3-9,14,17,19H,2H2,1H3. The van der Waals surface area contributed by atoms with Crippen molar-refractivity contribution in [3.8, 4) is 5.75 Å². The van der Waals surface area contributed by atoms with Gasteiger partial charge >= 0.3 is 0 Å². The molecule has 0 radical (unpaired) electrons. The van der Waals surface area contributed by atoms with E-state index in [9.17, 15) is 15.2 Å². The van der Waals surface area contributed by atoms with Gasteiger partial charge in [0.1, 0.15) is 5.75 Å². The van der Waals surface area contributed by atoms with Gasteiger partial charge < -0.3 is 10.4 Å². The van der Waals surface area contributed by atoms with Crippen LogP contribution in [0.15, 0.2) is 46.9 Å². The highest BCUT2D eigenvalue weighted by Crippen LogP contribution is 2.32. The second kappa shape index (κ2) is 6.58. The van der Waals surface area contributed by atoms with E-state index in [0.29, 0.717) is 0 Å². The van der Waals surface area contributed by atoms with Crippen molar-refractivity contribution < 1.29 is 10.0 Å². The van der Waals surface area contributed by atoms with Gasteiger partial charge in [-0.2, -0.15) is 0 Å². The number of nitrogens with one attached hydrogen (secondary N) is 1. The Bertz CT molecular complexity index is 644. The number of hydrogen-bond acceptors (Lipinski definition) is 4. The predicted octanol–water partition coefficient (Wildman–Crippen LogP) is 4.63. The molecule has 2 N–H and O–H groups in total. The predicted molar refractivity (Wildman–Crippen MR) is 85.6 cm³/mol. The minimum Gasteiger partial charge on any atom is -0.508 e. The zero-order valence-corrected chi connectivity index (χ0v) is 13.0. The molecule has 0 saturated carbocycles. The molecule has 1 atom stereocenters. The Balaban J connectivity index is 2.22. The Kier molecular flexibility index (Phi) is 4.80. The summed E-state index contributed by atoms with van der Waals surface area (Å²) in [6.45, 7) is 2.00. The second-order valence-corrected chi connectivity index (χ2v) is 5.53. The molecule has 1 unspecified atom stereocenters. The van der Waals surface area contributed by atoms with Crippen LogP contribution in [0.4, 0.5) is 11.4 Å². The second-order valence-electron chi connectivity index (χ2n) is 4.61. The highest BCUT2D eigenvalue weighted by Gasteiger charge is 2.14. The van der Waals surface area contributed by atoms with Crippen molar-refractivity contribution >= 4 is 27.3 Å². The van der Waals surface area contributed by atoms with Crippen LogP contribution in [-0.2, 0) is 0 Å². The fourth-order valence-corrected chi connectivity index (χ4v) is 2.46. The summed E-state index contributed by atoms with van der Waals surface area (Å²) in [4.78, 5) is 10.2. The van der Waals surface area contributed by atoms with E-state index in [2.05, 4.69) is 21.2 Å². The fraction of sp³-hybridized carbons (Fsp3) is 0.200. The van der Waals surface area contributed by atoms with Gasteiger partial charge in [0.25, 0.3) is 5.69 Å². The zero-order valence-electron chi connectivity index (χ0n) is 11.4. The minimum atomic E-state index is -0.429. The molecule has 6 heteroatoms. The number of hydrogen-bond donors (Lipinski definition) is 2. The number of halogens is 1. The SMILES string of the molecule is CCC(Nc1ccc([N+](=O)[O-])cc1)c1cc(Br)ccc1O. The summed E-state index contributed by atoms with van der Waals surface area (Å²) in [7, 11) is 0. The van der Waals surface area contributed by atoms with Crippen molar-refractivity contribution in [1.82, 2.24) is 0 Å². The number of nitro groups is 1. The lowest BCUT2D eigenvalue weighted by Crippen LogP contribution is -2.10. The maximum Gasteiger partial charge on any atom is 0.269 e. The van der Waals surface area contributed by atoms with Crippen molar-refractivity contribution in [1.29, 1.82) is 0 Å². The summed E-state index contributed by atoms with van der Waals surface area (Å²) in [5.41, 5.74) is 1.61. The normalized spacial score (nSPS) is 11.9. The van der Waals surface area contributed by atoms with Crippen LogP contribution in [0.2, 0.25) is 0 Å². The van der Waals surface area contributed by atoms with Gasteiger partial charge in [0.15, 0.2) is 0 Å². The van der Waals surface area contributed by atoms with Crippen LogP contribution in [0.5, 0.6) is 5.75 Å². The van der Waals surface area contributed by atoms with E-state index in [1.54, 1.807) is 24.3 Å². The van der Waals surface area contributed by atoms with Crippen molar-refractivity contribution in [3.63, 3.8) is 0 Å². The van der Waals surface area contributed by atoms with E-state index in [-0.39, 0.29) is 17.5 Å². The lowest BCUT2D eigenvalue weighted by Gasteiger charge is -2.20. The van der Waals surface area contributed by atoms with Crippen LogP contribution in [0.3, 0.4) is 0 Å². The lowest BCUT2D eigenvalue weighted by molar-refractivity contribution is -0.384. The molecule has 110 valence electrons. The van der Waals surface area contributed by atoms with Gasteiger partial charge in [0, 0.05) is 27.9 Å². The summed E-state index contributed by atoms with van der Waals surface area (Å²) in [6, 6.07) is 11.4. The third-order valence-corrected chi connectivity index (χ3v) is 3.69. The summed E-state index contributed by atoms with van der Waals surface area (Å²) in [6.07, 6.45) is 0.765. The van der Waals surface area contributed by atoms with Crippen LogP contribution < -0.4 is 5.32 Å². The number of anilines is 1. The van der Waals surface area contributed by atoms with Crippen LogP contribution >= 0.6 is 15.9 Å². The quantitative estimate of drug-likeness (QED) is 0.609. The number of nitro benzene ring substituents is 1. The van der Waals surface area contributed by atoms with Crippen LogP contribution in [0, 0.1) is 10.1 Å². The Morgan fingerprint density at radius 1 is 1.29 bits per heavy atom. The van der Waals surface area contributed by atoms with Gasteiger partial charge in [0.05, 0.1) is 11.0 Å². The van der Waals surface area contributed by atoms with E-state index in [1.165, 1.54) is 12.1 Å². The molecule has 0 amide bonds. The average Bonchev–Trinajstić information content (AvgIpc) is 2.48. The monoisotopic (exact) mass is 350 g/mol. The molecule has 0 fully saturated rings. The third kappa shape index (κ3) is 3.72. The fourth-order valence-electron chi connectivity index (χ4n) is 2.08. The Morgan fingerprint density at radius 2 is 1.95 bits per heavy atom. The molecule has 2 aromatic rings. The number of aromatic hydroxyl groups is 1. The summed E-state index contributed by atoms with van der Waals surface area (Å²) in [5, 5.41) is 23.9. The zero-order chi connectivity index (χ0) is 15.4. The van der Waals surface area contributed by atoms with E-state index < -0.39 is 4.92 Å². The molecule has 0 bridgehead atoms. The van der Waals surface area contributed by atoms with Gasteiger partial charge in [-0.3, -0.25) is 10.1 Å².